The maximum absolute atomic E-state index is 12.6. The van der Waals surface area contributed by atoms with E-state index < -0.39 is 10.5 Å². The lowest BCUT2D eigenvalue weighted by molar-refractivity contribution is -0.384. The van der Waals surface area contributed by atoms with Gasteiger partial charge in [-0.3, -0.25) is 14.9 Å². The van der Waals surface area contributed by atoms with Gasteiger partial charge in [-0.1, -0.05) is 30.9 Å². The van der Waals surface area contributed by atoms with Crippen molar-refractivity contribution in [2.75, 3.05) is 7.05 Å². The lowest BCUT2D eigenvalue weighted by Crippen LogP contribution is -2.55. The summed E-state index contributed by atoms with van der Waals surface area (Å²) >= 11 is 6.08. The molecule has 0 aliphatic heterocycles. The predicted octanol–water partition coefficient (Wildman–Crippen LogP) is 2.87. The normalized spacial score (nSPS) is 17.0. The summed E-state index contributed by atoms with van der Waals surface area (Å²) in [6.45, 7) is 0.207. The van der Waals surface area contributed by atoms with Crippen molar-refractivity contribution in [3.05, 3.63) is 38.9 Å². The van der Waals surface area contributed by atoms with Gasteiger partial charge in [-0.2, -0.15) is 0 Å². The SMILES string of the molecule is CN(Cc1cc([N+](=O)[O-])ccc1Cl)C(=O)C1(N)CCCCC1. The monoisotopic (exact) mass is 325 g/mol. The minimum atomic E-state index is -0.819. The molecule has 6 nitrogen and oxygen atoms in total. The number of benzene rings is 1. The molecule has 0 unspecified atom stereocenters. The summed E-state index contributed by atoms with van der Waals surface area (Å²) in [7, 11) is 1.65. The van der Waals surface area contributed by atoms with Gasteiger partial charge in [-0.25, -0.2) is 0 Å². The maximum Gasteiger partial charge on any atom is 0.269 e. The van der Waals surface area contributed by atoms with E-state index in [1.807, 2.05) is 0 Å². The van der Waals surface area contributed by atoms with Crippen LogP contribution in [0.15, 0.2) is 18.2 Å². The van der Waals surface area contributed by atoms with Crippen LogP contribution in [0.25, 0.3) is 0 Å². The molecule has 1 aliphatic rings. The highest BCUT2D eigenvalue weighted by atomic mass is 35.5. The number of hydrogen-bond donors (Lipinski definition) is 1. The molecule has 1 amide bonds. The molecule has 1 saturated carbocycles. The van der Waals surface area contributed by atoms with E-state index in [1.165, 1.54) is 23.1 Å². The van der Waals surface area contributed by atoms with Crippen molar-refractivity contribution in [2.45, 2.75) is 44.2 Å². The molecule has 0 atom stereocenters. The molecule has 0 spiro atoms. The summed E-state index contributed by atoms with van der Waals surface area (Å²) in [6, 6.07) is 4.22. The van der Waals surface area contributed by atoms with Crippen LogP contribution in [0.4, 0.5) is 5.69 Å². The highest BCUT2D eigenvalue weighted by Crippen LogP contribution is 2.29. The molecular weight excluding hydrogens is 306 g/mol. The third kappa shape index (κ3) is 3.56. The van der Waals surface area contributed by atoms with Crippen molar-refractivity contribution in [3.8, 4) is 0 Å². The molecule has 0 radical (unpaired) electrons. The van der Waals surface area contributed by atoms with Crippen LogP contribution in [0.1, 0.15) is 37.7 Å². The van der Waals surface area contributed by atoms with Crippen molar-refractivity contribution in [1.29, 1.82) is 0 Å². The number of carbonyl (C=O) groups excluding carboxylic acids is 1. The molecule has 7 heteroatoms. The molecule has 1 aliphatic carbocycles. The van der Waals surface area contributed by atoms with Crippen molar-refractivity contribution < 1.29 is 9.72 Å². The van der Waals surface area contributed by atoms with Crippen LogP contribution < -0.4 is 5.73 Å². The summed E-state index contributed by atoms with van der Waals surface area (Å²) in [6.07, 6.45) is 4.37. The largest absolute Gasteiger partial charge is 0.340 e. The van der Waals surface area contributed by atoms with Crippen LogP contribution in [-0.2, 0) is 11.3 Å². The van der Waals surface area contributed by atoms with Gasteiger partial charge in [0, 0.05) is 30.7 Å². The van der Waals surface area contributed by atoms with Gasteiger partial charge in [0.1, 0.15) is 0 Å². The highest BCUT2D eigenvalue weighted by molar-refractivity contribution is 6.31. The number of nitrogens with two attached hydrogens (primary N) is 1. The van der Waals surface area contributed by atoms with Crippen LogP contribution in [0.5, 0.6) is 0 Å². The zero-order valence-corrected chi connectivity index (χ0v) is 13.3. The Kier molecular flexibility index (Phi) is 5.03. The summed E-state index contributed by atoms with van der Waals surface area (Å²) in [5, 5.41) is 11.2. The molecule has 1 aromatic rings. The van der Waals surface area contributed by atoms with E-state index in [-0.39, 0.29) is 18.1 Å². The molecule has 0 saturated heterocycles. The minimum absolute atomic E-state index is 0.0413. The third-order valence-electron chi connectivity index (χ3n) is 4.17. The van der Waals surface area contributed by atoms with Crippen LogP contribution in [0.2, 0.25) is 5.02 Å². The molecule has 120 valence electrons. The van der Waals surface area contributed by atoms with Crippen molar-refractivity contribution in [3.63, 3.8) is 0 Å². The van der Waals surface area contributed by atoms with Crippen molar-refractivity contribution in [2.24, 2.45) is 5.73 Å². The summed E-state index contributed by atoms with van der Waals surface area (Å²) in [5.74, 6) is -0.130. The number of halogens is 1. The van der Waals surface area contributed by atoms with E-state index in [9.17, 15) is 14.9 Å². The Morgan fingerprint density at radius 1 is 1.41 bits per heavy atom. The fourth-order valence-corrected chi connectivity index (χ4v) is 3.08. The number of hydrogen-bond acceptors (Lipinski definition) is 4. The first kappa shape index (κ1) is 16.7. The van der Waals surface area contributed by atoms with Gasteiger partial charge >= 0.3 is 0 Å². The van der Waals surface area contributed by atoms with Gasteiger partial charge in [-0.15, -0.1) is 0 Å². The van der Waals surface area contributed by atoms with Gasteiger partial charge in [0.05, 0.1) is 10.5 Å². The number of non-ortho nitro benzene ring substituents is 1. The molecule has 0 heterocycles. The van der Waals surface area contributed by atoms with E-state index in [2.05, 4.69) is 0 Å². The topological polar surface area (TPSA) is 89.5 Å². The number of nitro groups is 1. The molecule has 0 bridgehead atoms. The van der Waals surface area contributed by atoms with E-state index >= 15 is 0 Å². The zero-order chi connectivity index (χ0) is 16.3. The molecule has 1 fully saturated rings. The van der Waals surface area contributed by atoms with E-state index in [1.54, 1.807) is 7.05 Å². The quantitative estimate of drug-likeness (QED) is 0.680. The second-order valence-corrected chi connectivity index (χ2v) is 6.32. The first-order valence-corrected chi connectivity index (χ1v) is 7.68. The number of amides is 1. The Morgan fingerprint density at radius 3 is 2.64 bits per heavy atom. The Hall–Kier alpha value is -1.66. The summed E-state index contributed by atoms with van der Waals surface area (Å²) in [5.41, 5.74) is 5.93. The van der Waals surface area contributed by atoms with Crippen molar-refractivity contribution >= 4 is 23.2 Å². The second-order valence-electron chi connectivity index (χ2n) is 5.91. The molecule has 22 heavy (non-hydrogen) atoms. The number of carbonyl (C=O) groups is 1. The second kappa shape index (κ2) is 6.62. The van der Waals surface area contributed by atoms with E-state index in [0.717, 1.165) is 19.3 Å². The highest BCUT2D eigenvalue weighted by Gasteiger charge is 2.37. The van der Waals surface area contributed by atoms with Crippen molar-refractivity contribution in [1.82, 2.24) is 4.90 Å². The summed E-state index contributed by atoms with van der Waals surface area (Å²) in [4.78, 5) is 24.5. The van der Waals surface area contributed by atoms with Crippen LogP contribution in [0, 0.1) is 10.1 Å². The average Bonchev–Trinajstić information content (AvgIpc) is 2.49. The van der Waals surface area contributed by atoms with Gasteiger partial charge in [0.2, 0.25) is 5.91 Å². The summed E-state index contributed by atoms with van der Waals surface area (Å²) < 4.78 is 0. The molecular formula is C15H20ClN3O3. The van der Waals surface area contributed by atoms with Crippen LogP contribution in [-0.4, -0.2) is 28.3 Å². The Balaban J connectivity index is 2.14. The number of nitrogens with zero attached hydrogens (tertiary/aromatic N) is 2. The molecule has 2 N–H and O–H groups in total. The first-order valence-electron chi connectivity index (χ1n) is 7.31. The van der Waals surface area contributed by atoms with E-state index in [4.69, 9.17) is 17.3 Å². The van der Waals surface area contributed by atoms with Gasteiger partial charge in [-0.05, 0) is 24.5 Å². The van der Waals surface area contributed by atoms with E-state index in [0.29, 0.717) is 23.4 Å². The lowest BCUT2D eigenvalue weighted by atomic mass is 9.81. The van der Waals surface area contributed by atoms with Gasteiger partial charge in [0.15, 0.2) is 0 Å². The average molecular weight is 326 g/mol. The predicted molar refractivity (Wildman–Crippen MR) is 84.6 cm³/mol. The fourth-order valence-electron chi connectivity index (χ4n) is 2.90. The standard InChI is InChI=1S/C15H20ClN3O3/c1-18(14(20)15(17)7-3-2-4-8-15)10-11-9-12(19(21)22)5-6-13(11)16/h5-6,9H,2-4,7-8,10,17H2,1H3. The van der Waals surface area contributed by atoms with Crippen LogP contribution in [0.3, 0.4) is 0 Å². The maximum atomic E-state index is 12.6. The van der Waals surface area contributed by atoms with Gasteiger partial charge < -0.3 is 10.6 Å². The van der Waals surface area contributed by atoms with Crippen LogP contribution >= 0.6 is 11.6 Å². The number of rotatable bonds is 4. The lowest BCUT2D eigenvalue weighted by Gasteiger charge is -2.35. The van der Waals surface area contributed by atoms with Gasteiger partial charge in [0.25, 0.3) is 5.69 Å². The minimum Gasteiger partial charge on any atom is -0.340 e. The molecule has 0 aromatic heterocycles. The molecule has 1 aromatic carbocycles. The number of nitro benzene ring substituents is 1. The fraction of sp³-hybridized carbons (Fsp3) is 0.533. The third-order valence-corrected chi connectivity index (χ3v) is 4.53. The molecule has 2 rings (SSSR count). The smallest absolute Gasteiger partial charge is 0.269 e. The Bertz CT molecular complexity index is 585. The number of likely N-dealkylation sites (N-methyl/N-ethyl adjacent to an activating group) is 1. The zero-order valence-electron chi connectivity index (χ0n) is 12.5. The Morgan fingerprint density at radius 2 is 2.05 bits per heavy atom. The Labute approximate surface area is 134 Å². The first-order chi connectivity index (χ1) is 10.3.